The molecule has 0 bridgehead atoms. The average Bonchev–Trinajstić information content (AvgIpc) is 2.65. The maximum absolute atomic E-state index is 10.1. The van der Waals surface area contributed by atoms with Gasteiger partial charge in [-0.15, -0.1) is 0 Å². The number of benzene rings is 1. The molecule has 0 saturated carbocycles. The molecule has 96 valence electrons. The molecular formula is C13H18NO3Tl. The van der Waals surface area contributed by atoms with E-state index in [2.05, 4.69) is 0 Å². The molecule has 5 atom stereocenters. The van der Waals surface area contributed by atoms with E-state index in [0.717, 1.165) is 5.56 Å². The van der Waals surface area contributed by atoms with Crippen molar-refractivity contribution in [2.75, 3.05) is 0 Å². The van der Waals surface area contributed by atoms with Gasteiger partial charge in [0.05, 0.1) is 0 Å². The summed E-state index contributed by atoms with van der Waals surface area (Å²) >= 11 is 0.566. The van der Waals surface area contributed by atoms with Gasteiger partial charge in [-0.1, -0.05) is 0 Å². The van der Waals surface area contributed by atoms with E-state index in [9.17, 15) is 5.11 Å². The van der Waals surface area contributed by atoms with Crippen LogP contribution in [0.2, 0.25) is 0 Å². The third-order valence-corrected chi connectivity index (χ3v) is 5.26. The zero-order valence-electron chi connectivity index (χ0n) is 10.4. The van der Waals surface area contributed by atoms with Crippen molar-refractivity contribution in [1.82, 2.24) is 0 Å². The standard InChI is InChI=1S/C13H18NO3.Tl/c1-9(14)12-13(11(15)8-17-12)16-7-10-5-3-2-4-6-10;/h2-6,8-9,11-13,15H,7,14H2,1H3;. The first-order valence-electron chi connectivity index (χ1n) is 6.10. The molecule has 0 radical (unpaired) electrons. The van der Waals surface area contributed by atoms with Crippen LogP contribution in [0.1, 0.15) is 12.5 Å². The van der Waals surface area contributed by atoms with Crippen LogP contribution >= 0.6 is 0 Å². The summed E-state index contributed by atoms with van der Waals surface area (Å²) in [6.07, 6.45) is -1.08. The van der Waals surface area contributed by atoms with E-state index in [1.165, 1.54) is 0 Å². The molecule has 5 unspecified atom stereocenters. The summed E-state index contributed by atoms with van der Waals surface area (Å²) in [5, 5.41) is 10.1. The Morgan fingerprint density at radius 1 is 1.44 bits per heavy atom. The number of nitrogens with two attached hydrogens (primary N) is 1. The first-order chi connectivity index (χ1) is 8.59. The Morgan fingerprint density at radius 3 is 2.72 bits per heavy atom. The van der Waals surface area contributed by atoms with E-state index in [-0.39, 0.29) is 21.9 Å². The van der Waals surface area contributed by atoms with Crippen molar-refractivity contribution < 1.29 is 14.6 Å². The molecule has 1 aliphatic heterocycles. The SMILES string of the molecule is CC(N)C1O[CH]([Tl])C(O)C1OCc1ccccc1. The van der Waals surface area contributed by atoms with Crippen LogP contribution in [0.15, 0.2) is 30.3 Å². The Bertz CT molecular complexity index is 374. The van der Waals surface area contributed by atoms with Gasteiger partial charge in [-0.25, -0.2) is 0 Å². The molecule has 0 spiro atoms. The summed E-state index contributed by atoms with van der Waals surface area (Å²) in [5.41, 5.74) is 6.97. The van der Waals surface area contributed by atoms with Crippen LogP contribution in [0.3, 0.4) is 0 Å². The monoisotopic (exact) mass is 441 g/mol. The van der Waals surface area contributed by atoms with Gasteiger partial charge in [-0.3, -0.25) is 0 Å². The number of aliphatic hydroxyl groups excluding tert-OH is 1. The predicted octanol–water partition coefficient (Wildman–Crippen LogP) is 0.173. The number of aliphatic hydroxyl groups is 1. The van der Waals surface area contributed by atoms with Crippen LogP contribution in [0, 0.1) is 0 Å². The summed E-state index contributed by atoms with van der Waals surface area (Å²) in [4.78, 5) is 0. The zero-order valence-corrected chi connectivity index (χ0v) is 14.9. The Labute approximate surface area is 123 Å². The van der Waals surface area contributed by atoms with Crippen LogP contribution < -0.4 is 5.73 Å². The van der Waals surface area contributed by atoms with Crippen LogP contribution in [0.25, 0.3) is 0 Å². The van der Waals surface area contributed by atoms with Crippen molar-refractivity contribution in [3.05, 3.63) is 35.9 Å². The van der Waals surface area contributed by atoms with Crippen molar-refractivity contribution >= 4 is 25.8 Å². The van der Waals surface area contributed by atoms with Gasteiger partial charge in [0.25, 0.3) is 0 Å². The Balaban J connectivity index is 1.98. The van der Waals surface area contributed by atoms with Crippen LogP contribution in [0.4, 0.5) is 0 Å². The van der Waals surface area contributed by atoms with Crippen molar-refractivity contribution in [1.29, 1.82) is 0 Å². The summed E-state index contributed by atoms with van der Waals surface area (Å²) < 4.78 is 11.5. The minimum absolute atomic E-state index is 0.0678. The number of ether oxygens (including phenoxy) is 2. The topological polar surface area (TPSA) is 64.7 Å². The van der Waals surface area contributed by atoms with Gasteiger partial charge in [0.1, 0.15) is 0 Å². The molecule has 0 aromatic heterocycles. The normalized spacial score (nSPS) is 33.4. The Morgan fingerprint density at radius 2 is 2.11 bits per heavy atom. The van der Waals surface area contributed by atoms with E-state index >= 15 is 0 Å². The first kappa shape index (κ1) is 14.4. The summed E-state index contributed by atoms with van der Waals surface area (Å²) in [6, 6.07) is 9.78. The van der Waals surface area contributed by atoms with Crippen molar-refractivity contribution in [3.63, 3.8) is 0 Å². The molecule has 0 aliphatic carbocycles. The molecule has 4 nitrogen and oxygen atoms in total. The quantitative estimate of drug-likeness (QED) is 0.656. The van der Waals surface area contributed by atoms with Crippen LogP contribution in [-0.2, 0) is 16.1 Å². The zero-order chi connectivity index (χ0) is 13.1. The summed E-state index contributed by atoms with van der Waals surface area (Å²) in [7, 11) is 0. The second kappa shape index (κ2) is 6.43. The number of rotatable bonds is 4. The van der Waals surface area contributed by atoms with Gasteiger partial charge >= 0.3 is 124 Å². The average molecular weight is 441 g/mol. The van der Waals surface area contributed by atoms with Crippen LogP contribution in [0.5, 0.6) is 0 Å². The van der Waals surface area contributed by atoms with E-state index < -0.39 is 6.10 Å². The molecule has 5 heteroatoms. The molecule has 1 aromatic carbocycles. The van der Waals surface area contributed by atoms with Gasteiger partial charge in [-0.05, 0) is 0 Å². The molecule has 2 rings (SSSR count). The third kappa shape index (κ3) is 3.30. The summed E-state index contributed by atoms with van der Waals surface area (Å²) in [5.74, 6) is 0. The Kier molecular flexibility index (Phi) is 5.14. The van der Waals surface area contributed by atoms with E-state index in [1.54, 1.807) is 0 Å². The van der Waals surface area contributed by atoms with E-state index in [4.69, 9.17) is 15.2 Å². The Hall–Kier alpha value is -0.0179. The second-order valence-electron chi connectivity index (χ2n) is 4.68. The summed E-state index contributed by atoms with van der Waals surface area (Å²) in [6.45, 7) is 2.37. The van der Waals surface area contributed by atoms with Crippen molar-refractivity contribution in [2.45, 2.75) is 41.5 Å². The van der Waals surface area contributed by atoms with Crippen molar-refractivity contribution in [3.8, 4) is 0 Å². The first-order valence-corrected chi connectivity index (χ1v) is 8.69. The molecule has 1 aromatic rings. The van der Waals surface area contributed by atoms with Gasteiger partial charge in [-0.2, -0.15) is 0 Å². The molecule has 18 heavy (non-hydrogen) atoms. The number of hydrogen-bond acceptors (Lipinski definition) is 4. The van der Waals surface area contributed by atoms with Gasteiger partial charge in [0.15, 0.2) is 0 Å². The van der Waals surface area contributed by atoms with Crippen LogP contribution in [-0.4, -0.2) is 58.9 Å². The fourth-order valence-electron chi connectivity index (χ4n) is 2.10. The molecule has 1 saturated heterocycles. The molecule has 1 aliphatic rings. The van der Waals surface area contributed by atoms with Gasteiger partial charge < -0.3 is 0 Å². The van der Waals surface area contributed by atoms with Gasteiger partial charge in [0, 0.05) is 0 Å². The minimum atomic E-state index is -0.547. The maximum atomic E-state index is 10.1. The third-order valence-electron chi connectivity index (χ3n) is 3.11. The molecule has 3 N–H and O–H groups in total. The fraction of sp³-hybridized carbons (Fsp3) is 0.538. The molecule has 0 amide bonds. The van der Waals surface area contributed by atoms with Crippen molar-refractivity contribution in [2.24, 2.45) is 5.73 Å². The second-order valence-corrected chi connectivity index (χ2v) is 7.23. The van der Waals surface area contributed by atoms with E-state index in [1.807, 2.05) is 37.3 Å². The molecular weight excluding hydrogens is 423 g/mol. The van der Waals surface area contributed by atoms with Gasteiger partial charge in [0.2, 0.25) is 0 Å². The fourth-order valence-corrected chi connectivity index (χ4v) is 3.66. The predicted molar refractivity (Wildman–Crippen MR) is 69.1 cm³/mol. The molecule has 1 heterocycles. The number of hydrogen-bond donors (Lipinski definition) is 2. The van der Waals surface area contributed by atoms with E-state index in [0.29, 0.717) is 32.4 Å². The molecule has 1 fully saturated rings.